The van der Waals surface area contributed by atoms with Crippen LogP contribution >= 0.6 is 0 Å². The molecular weight excluding hydrogens is 484 g/mol. The molecule has 0 saturated heterocycles. The number of carbonyl (C=O) groups is 1. The smallest absolute Gasteiger partial charge is 0.338 e. The van der Waals surface area contributed by atoms with Crippen molar-refractivity contribution >= 4 is 52.4 Å². The number of nitrogens with one attached hydrogen (secondary N) is 2. The van der Waals surface area contributed by atoms with E-state index in [1.807, 2.05) is 71.8 Å². The van der Waals surface area contributed by atoms with Crippen molar-refractivity contribution < 1.29 is 14.6 Å². The van der Waals surface area contributed by atoms with E-state index in [4.69, 9.17) is 4.74 Å². The maximum Gasteiger partial charge on any atom is 0.338 e. The van der Waals surface area contributed by atoms with Crippen LogP contribution in [0, 0.1) is 0 Å². The van der Waals surface area contributed by atoms with Crippen LogP contribution in [0.2, 0.25) is 0 Å². The van der Waals surface area contributed by atoms with E-state index in [9.17, 15) is 9.90 Å². The van der Waals surface area contributed by atoms with E-state index in [1.54, 1.807) is 6.92 Å². The molecule has 0 aliphatic carbocycles. The summed E-state index contributed by atoms with van der Waals surface area (Å²) in [5, 5.41) is 19.4. The fourth-order valence-electron chi connectivity index (χ4n) is 4.02. The predicted octanol–water partition coefficient (Wildman–Crippen LogP) is 4.23. The molecule has 2 heterocycles. The first-order valence-corrected chi connectivity index (χ1v) is 11.9. The lowest BCUT2D eigenvalue weighted by Gasteiger charge is -2.08. The second kappa shape index (κ2) is 10.4. The average molecular weight is 511 g/mol. The average Bonchev–Trinajstić information content (AvgIpc) is 3.42. The van der Waals surface area contributed by atoms with Gasteiger partial charge in [0.05, 0.1) is 46.7 Å². The van der Waals surface area contributed by atoms with Crippen LogP contribution in [0.1, 0.15) is 28.4 Å². The number of rotatable bonds is 8. The third-order valence-electron chi connectivity index (χ3n) is 5.99. The maximum atomic E-state index is 12.5. The van der Waals surface area contributed by atoms with Crippen molar-refractivity contribution in [3.8, 4) is 5.75 Å². The molecule has 0 spiro atoms. The number of fused-ring (bicyclic) bond motifs is 2. The summed E-state index contributed by atoms with van der Waals surface area (Å²) in [5.41, 5.74) is 10.2. The molecule has 0 aliphatic rings. The zero-order valence-corrected chi connectivity index (χ0v) is 21.1. The van der Waals surface area contributed by atoms with Gasteiger partial charge in [0, 0.05) is 25.2 Å². The Bertz CT molecular complexity index is 1590. The Hall–Kier alpha value is -5.19. The Morgan fingerprint density at radius 1 is 0.895 bits per heavy atom. The molecule has 0 atom stereocenters. The molecule has 192 valence electrons. The fraction of sp³-hybridized carbons (Fsp3) is 0.148. The van der Waals surface area contributed by atoms with E-state index in [0.717, 1.165) is 22.1 Å². The summed E-state index contributed by atoms with van der Waals surface area (Å²) in [6.45, 7) is 1.94. The lowest BCUT2D eigenvalue weighted by atomic mass is 10.0. The SMILES string of the molecule is CCOC(=O)c1cc(C=NNc2nc3ccccc3n2C)c(O)c(C=NNc2nc3ccccc3n2C)c1. The number of aromatic nitrogens is 4. The van der Waals surface area contributed by atoms with Gasteiger partial charge in [0.25, 0.3) is 0 Å². The van der Waals surface area contributed by atoms with Crippen LogP contribution in [0.25, 0.3) is 22.1 Å². The molecule has 38 heavy (non-hydrogen) atoms. The van der Waals surface area contributed by atoms with Crippen LogP contribution in [-0.2, 0) is 18.8 Å². The minimum atomic E-state index is -0.525. The largest absolute Gasteiger partial charge is 0.507 e. The summed E-state index contributed by atoms with van der Waals surface area (Å²) < 4.78 is 8.89. The molecule has 5 rings (SSSR count). The van der Waals surface area contributed by atoms with Gasteiger partial charge in [-0.25, -0.2) is 25.6 Å². The van der Waals surface area contributed by atoms with Gasteiger partial charge in [0.15, 0.2) is 0 Å². The lowest BCUT2D eigenvalue weighted by molar-refractivity contribution is 0.0526. The number of hydrogen-bond acceptors (Lipinski definition) is 9. The molecular formula is C27H26N8O3. The number of imidazole rings is 2. The maximum absolute atomic E-state index is 12.5. The van der Waals surface area contributed by atoms with Crippen molar-refractivity contribution in [3.63, 3.8) is 0 Å². The standard InChI is InChI=1S/C27H26N8O3/c1-4-38-25(37)17-13-18(15-28-32-26-30-20-9-5-7-11-22(20)34(26)2)24(36)19(14-17)16-29-33-27-31-21-10-6-8-12-23(21)35(27)3/h5-16,36H,4H2,1-3H3,(H,30,32)(H,31,33). The minimum Gasteiger partial charge on any atom is -0.507 e. The summed E-state index contributed by atoms with van der Waals surface area (Å²) in [7, 11) is 3.75. The highest BCUT2D eigenvalue weighted by atomic mass is 16.5. The molecule has 11 nitrogen and oxygen atoms in total. The number of para-hydroxylation sites is 4. The second-order valence-electron chi connectivity index (χ2n) is 8.43. The third-order valence-corrected chi connectivity index (χ3v) is 5.99. The van der Waals surface area contributed by atoms with Gasteiger partial charge in [-0.15, -0.1) is 0 Å². The summed E-state index contributed by atoms with van der Waals surface area (Å²) in [6.07, 6.45) is 2.82. The van der Waals surface area contributed by atoms with Gasteiger partial charge in [-0.2, -0.15) is 10.2 Å². The van der Waals surface area contributed by atoms with Crippen molar-refractivity contribution in [3.05, 3.63) is 77.4 Å². The molecule has 3 N–H and O–H groups in total. The van der Waals surface area contributed by atoms with E-state index in [0.29, 0.717) is 23.0 Å². The second-order valence-corrected chi connectivity index (χ2v) is 8.43. The normalized spacial score (nSPS) is 11.7. The van der Waals surface area contributed by atoms with Crippen LogP contribution in [0.15, 0.2) is 70.9 Å². The number of ether oxygens (including phenoxy) is 1. The van der Waals surface area contributed by atoms with Crippen LogP contribution in [0.4, 0.5) is 11.9 Å². The molecule has 0 fully saturated rings. The van der Waals surface area contributed by atoms with Gasteiger partial charge in [-0.1, -0.05) is 24.3 Å². The van der Waals surface area contributed by atoms with Gasteiger partial charge in [-0.3, -0.25) is 0 Å². The summed E-state index contributed by atoms with van der Waals surface area (Å²) in [4.78, 5) is 21.5. The van der Waals surface area contributed by atoms with Gasteiger partial charge in [-0.05, 0) is 43.3 Å². The number of aryl methyl sites for hydroxylation is 2. The summed E-state index contributed by atoms with van der Waals surface area (Å²) >= 11 is 0. The number of hydrogen-bond donors (Lipinski definition) is 3. The molecule has 0 radical (unpaired) electrons. The van der Waals surface area contributed by atoms with Crippen molar-refractivity contribution in [2.75, 3.05) is 17.5 Å². The Kier molecular flexibility index (Phi) is 6.72. The van der Waals surface area contributed by atoms with Crippen molar-refractivity contribution in [2.24, 2.45) is 24.3 Å². The van der Waals surface area contributed by atoms with E-state index in [2.05, 4.69) is 31.0 Å². The topological polar surface area (TPSA) is 131 Å². The first kappa shape index (κ1) is 24.5. The van der Waals surface area contributed by atoms with Crippen LogP contribution in [-0.4, -0.2) is 49.2 Å². The zero-order valence-electron chi connectivity index (χ0n) is 21.1. The summed E-state index contributed by atoms with van der Waals surface area (Å²) in [6, 6.07) is 18.4. The summed E-state index contributed by atoms with van der Waals surface area (Å²) in [5.74, 6) is 0.418. The molecule has 0 unspecified atom stereocenters. The molecule has 3 aromatic carbocycles. The number of phenols is 1. The highest BCUT2D eigenvalue weighted by Crippen LogP contribution is 2.24. The molecule has 5 aromatic rings. The molecule has 0 amide bonds. The number of carbonyl (C=O) groups excluding carboxylic acids is 1. The first-order valence-electron chi connectivity index (χ1n) is 11.9. The van der Waals surface area contributed by atoms with Crippen molar-refractivity contribution in [1.82, 2.24) is 19.1 Å². The number of nitrogens with zero attached hydrogens (tertiary/aromatic N) is 6. The fourth-order valence-corrected chi connectivity index (χ4v) is 4.02. The number of phenolic OH excluding ortho intramolecular Hbond substituents is 1. The number of benzene rings is 3. The monoisotopic (exact) mass is 510 g/mol. The number of esters is 1. The molecule has 0 saturated carbocycles. The van der Waals surface area contributed by atoms with Gasteiger partial charge >= 0.3 is 5.97 Å². The van der Waals surface area contributed by atoms with Gasteiger partial charge in [0.1, 0.15) is 5.75 Å². The Labute approximate surface area is 218 Å². The highest BCUT2D eigenvalue weighted by Gasteiger charge is 2.14. The van der Waals surface area contributed by atoms with Crippen LogP contribution in [0.3, 0.4) is 0 Å². The molecule has 2 aromatic heterocycles. The predicted molar refractivity (Wildman–Crippen MR) is 148 cm³/mol. The Morgan fingerprint density at radius 2 is 1.37 bits per heavy atom. The van der Waals surface area contributed by atoms with Gasteiger partial charge in [0.2, 0.25) is 11.9 Å². The number of aromatic hydroxyl groups is 1. The van der Waals surface area contributed by atoms with Crippen LogP contribution in [0.5, 0.6) is 5.75 Å². The van der Waals surface area contributed by atoms with E-state index >= 15 is 0 Å². The number of hydrazone groups is 2. The van der Waals surface area contributed by atoms with Crippen molar-refractivity contribution in [1.29, 1.82) is 0 Å². The first-order chi connectivity index (χ1) is 18.5. The van der Waals surface area contributed by atoms with E-state index in [1.165, 1.54) is 24.6 Å². The highest BCUT2D eigenvalue weighted by molar-refractivity contribution is 5.99. The zero-order chi connectivity index (χ0) is 26.6. The number of anilines is 2. The van der Waals surface area contributed by atoms with E-state index in [-0.39, 0.29) is 17.9 Å². The minimum absolute atomic E-state index is 0.107. The van der Waals surface area contributed by atoms with Crippen LogP contribution < -0.4 is 10.9 Å². The molecule has 0 bridgehead atoms. The quantitative estimate of drug-likeness (QED) is 0.162. The van der Waals surface area contributed by atoms with Gasteiger partial charge < -0.3 is 19.0 Å². The van der Waals surface area contributed by atoms with Crippen molar-refractivity contribution in [2.45, 2.75) is 6.92 Å². The third kappa shape index (κ3) is 4.76. The Balaban J connectivity index is 1.42. The molecule has 11 heteroatoms. The molecule has 0 aliphatic heterocycles. The lowest BCUT2D eigenvalue weighted by Crippen LogP contribution is -2.07. The van der Waals surface area contributed by atoms with E-state index < -0.39 is 5.97 Å². The Morgan fingerprint density at radius 3 is 1.82 bits per heavy atom.